The van der Waals surface area contributed by atoms with Crippen molar-refractivity contribution in [2.75, 3.05) is 13.1 Å². The topological polar surface area (TPSA) is 41.1 Å². The maximum atomic E-state index is 12.4. The molecule has 0 aliphatic carbocycles. The van der Waals surface area contributed by atoms with Crippen molar-refractivity contribution in [3.8, 4) is 0 Å². The largest absolute Gasteiger partial charge is 0.349 e. The number of hydrogen-bond donors (Lipinski definition) is 2. The van der Waals surface area contributed by atoms with Crippen molar-refractivity contribution in [1.82, 2.24) is 10.6 Å². The van der Waals surface area contributed by atoms with E-state index in [0.717, 1.165) is 31.5 Å². The van der Waals surface area contributed by atoms with Gasteiger partial charge in [-0.05, 0) is 45.7 Å². The van der Waals surface area contributed by atoms with Gasteiger partial charge in [0.2, 0.25) is 5.91 Å². The Morgan fingerprint density at radius 3 is 2.63 bits per heavy atom. The molecule has 1 saturated heterocycles. The van der Waals surface area contributed by atoms with Crippen LogP contribution in [0.4, 0.5) is 0 Å². The normalized spacial score (nSPS) is 24.8. The summed E-state index contributed by atoms with van der Waals surface area (Å²) in [5.41, 5.74) is 2.13. The highest BCUT2D eigenvalue weighted by atomic mass is 16.2. The van der Waals surface area contributed by atoms with Crippen LogP contribution in [0.1, 0.15) is 43.9 Å². The van der Waals surface area contributed by atoms with Gasteiger partial charge in [0.25, 0.3) is 0 Å². The average molecular weight is 260 g/mol. The van der Waals surface area contributed by atoms with Crippen LogP contribution in [-0.2, 0) is 4.79 Å². The third-order valence-electron chi connectivity index (χ3n) is 4.07. The van der Waals surface area contributed by atoms with Crippen LogP contribution >= 0.6 is 0 Å². The Bertz CT molecular complexity index is 433. The summed E-state index contributed by atoms with van der Waals surface area (Å²) in [6.07, 6.45) is 2.04. The molecule has 1 aliphatic rings. The van der Waals surface area contributed by atoms with Crippen LogP contribution in [0.2, 0.25) is 0 Å². The SMILES string of the molecule is Cc1ccc([C@H](C)NC(=O)C2(C)CCCNC2)cc1. The lowest BCUT2D eigenvalue weighted by Crippen LogP contribution is -2.49. The molecule has 104 valence electrons. The van der Waals surface area contributed by atoms with Gasteiger partial charge in [-0.15, -0.1) is 0 Å². The molecule has 3 heteroatoms. The molecule has 1 aliphatic heterocycles. The van der Waals surface area contributed by atoms with Crippen LogP contribution in [-0.4, -0.2) is 19.0 Å². The van der Waals surface area contributed by atoms with E-state index in [9.17, 15) is 4.79 Å². The third-order valence-corrected chi connectivity index (χ3v) is 4.07. The van der Waals surface area contributed by atoms with Crippen molar-refractivity contribution in [3.05, 3.63) is 35.4 Å². The molecule has 0 radical (unpaired) electrons. The molecule has 2 rings (SSSR count). The first-order chi connectivity index (χ1) is 9.01. The standard InChI is InChI=1S/C16H24N2O/c1-12-5-7-14(8-6-12)13(2)18-15(19)16(3)9-4-10-17-11-16/h5-8,13,17H,4,9-11H2,1-3H3,(H,18,19)/t13-,16?/m0/s1. The fourth-order valence-corrected chi connectivity index (χ4v) is 2.56. The van der Waals surface area contributed by atoms with Gasteiger partial charge in [-0.25, -0.2) is 0 Å². The van der Waals surface area contributed by atoms with E-state index in [1.165, 1.54) is 5.56 Å². The monoisotopic (exact) mass is 260 g/mol. The smallest absolute Gasteiger partial charge is 0.227 e. The quantitative estimate of drug-likeness (QED) is 0.877. The van der Waals surface area contributed by atoms with Gasteiger partial charge in [0, 0.05) is 6.54 Å². The summed E-state index contributed by atoms with van der Waals surface area (Å²) in [6, 6.07) is 8.40. The molecular weight excluding hydrogens is 236 g/mol. The van der Waals surface area contributed by atoms with Crippen molar-refractivity contribution in [1.29, 1.82) is 0 Å². The lowest BCUT2D eigenvalue weighted by atomic mass is 9.81. The average Bonchev–Trinajstić information content (AvgIpc) is 2.40. The lowest BCUT2D eigenvalue weighted by molar-refractivity contribution is -0.131. The van der Waals surface area contributed by atoms with Gasteiger partial charge < -0.3 is 10.6 Å². The van der Waals surface area contributed by atoms with E-state index in [-0.39, 0.29) is 17.4 Å². The van der Waals surface area contributed by atoms with Crippen LogP contribution in [0, 0.1) is 12.3 Å². The number of amides is 1. The fourth-order valence-electron chi connectivity index (χ4n) is 2.56. The van der Waals surface area contributed by atoms with Crippen molar-refractivity contribution >= 4 is 5.91 Å². The van der Waals surface area contributed by atoms with Gasteiger partial charge >= 0.3 is 0 Å². The minimum absolute atomic E-state index is 0.0619. The van der Waals surface area contributed by atoms with Crippen LogP contribution in [0.5, 0.6) is 0 Å². The molecule has 1 heterocycles. The first-order valence-corrected chi connectivity index (χ1v) is 7.09. The molecule has 1 fully saturated rings. The second-order valence-corrected chi connectivity index (χ2v) is 5.95. The molecule has 2 atom stereocenters. The molecule has 0 saturated carbocycles. The van der Waals surface area contributed by atoms with Gasteiger partial charge in [0.05, 0.1) is 11.5 Å². The molecule has 0 spiro atoms. The number of aryl methyl sites for hydroxylation is 1. The number of carbonyl (C=O) groups excluding carboxylic acids is 1. The number of benzene rings is 1. The summed E-state index contributed by atoms with van der Waals surface area (Å²) >= 11 is 0. The number of piperidine rings is 1. The first-order valence-electron chi connectivity index (χ1n) is 7.09. The molecule has 19 heavy (non-hydrogen) atoms. The van der Waals surface area contributed by atoms with Crippen molar-refractivity contribution in [2.24, 2.45) is 5.41 Å². The molecule has 0 aromatic heterocycles. The Balaban J connectivity index is 2.00. The highest BCUT2D eigenvalue weighted by Gasteiger charge is 2.35. The second-order valence-electron chi connectivity index (χ2n) is 5.95. The van der Waals surface area contributed by atoms with Gasteiger partial charge in [-0.2, -0.15) is 0 Å². The highest BCUT2D eigenvalue weighted by molar-refractivity contribution is 5.83. The number of hydrogen-bond acceptors (Lipinski definition) is 2. The fraction of sp³-hybridized carbons (Fsp3) is 0.562. The minimum atomic E-state index is -0.267. The summed E-state index contributed by atoms with van der Waals surface area (Å²) in [4.78, 5) is 12.4. The number of nitrogens with one attached hydrogen (secondary N) is 2. The Hall–Kier alpha value is -1.35. The second kappa shape index (κ2) is 5.74. The summed E-state index contributed by atoms with van der Waals surface area (Å²) < 4.78 is 0. The van der Waals surface area contributed by atoms with Gasteiger partial charge in [0.1, 0.15) is 0 Å². The summed E-state index contributed by atoms with van der Waals surface area (Å²) in [7, 11) is 0. The molecule has 1 aromatic carbocycles. The maximum absolute atomic E-state index is 12.4. The van der Waals surface area contributed by atoms with E-state index in [1.54, 1.807) is 0 Å². The maximum Gasteiger partial charge on any atom is 0.227 e. The van der Waals surface area contributed by atoms with Crippen LogP contribution in [0.15, 0.2) is 24.3 Å². The lowest BCUT2D eigenvalue weighted by Gasteiger charge is -2.33. The Kier molecular flexibility index (Phi) is 4.25. The molecular formula is C16H24N2O. The van der Waals surface area contributed by atoms with Gasteiger partial charge in [-0.3, -0.25) is 4.79 Å². The van der Waals surface area contributed by atoms with E-state index < -0.39 is 0 Å². The van der Waals surface area contributed by atoms with Crippen molar-refractivity contribution in [2.45, 2.75) is 39.7 Å². The minimum Gasteiger partial charge on any atom is -0.349 e. The van der Waals surface area contributed by atoms with E-state index in [2.05, 4.69) is 48.7 Å². The first kappa shape index (κ1) is 14.1. The molecule has 0 bridgehead atoms. The van der Waals surface area contributed by atoms with E-state index >= 15 is 0 Å². The molecule has 1 unspecified atom stereocenters. The summed E-state index contributed by atoms with van der Waals surface area (Å²) in [5.74, 6) is 0.160. The van der Waals surface area contributed by atoms with E-state index in [1.807, 2.05) is 6.92 Å². The molecule has 1 amide bonds. The summed E-state index contributed by atoms with van der Waals surface area (Å²) in [6.45, 7) is 7.97. The Morgan fingerprint density at radius 1 is 1.37 bits per heavy atom. The predicted octanol–water partition coefficient (Wildman–Crippen LogP) is 2.56. The zero-order valence-electron chi connectivity index (χ0n) is 12.1. The van der Waals surface area contributed by atoms with Crippen molar-refractivity contribution < 1.29 is 4.79 Å². The Morgan fingerprint density at radius 2 is 2.05 bits per heavy atom. The van der Waals surface area contributed by atoms with E-state index in [0.29, 0.717) is 0 Å². The number of carbonyl (C=O) groups is 1. The molecule has 2 N–H and O–H groups in total. The predicted molar refractivity (Wildman–Crippen MR) is 77.9 cm³/mol. The molecule has 1 aromatic rings. The van der Waals surface area contributed by atoms with Gasteiger partial charge in [-0.1, -0.05) is 29.8 Å². The highest BCUT2D eigenvalue weighted by Crippen LogP contribution is 2.26. The Labute approximate surface area is 115 Å². The number of rotatable bonds is 3. The zero-order chi connectivity index (χ0) is 13.9. The zero-order valence-corrected chi connectivity index (χ0v) is 12.1. The molecule has 3 nitrogen and oxygen atoms in total. The van der Waals surface area contributed by atoms with E-state index in [4.69, 9.17) is 0 Å². The third kappa shape index (κ3) is 3.35. The van der Waals surface area contributed by atoms with Crippen molar-refractivity contribution in [3.63, 3.8) is 0 Å². The van der Waals surface area contributed by atoms with Gasteiger partial charge in [0.15, 0.2) is 0 Å². The summed E-state index contributed by atoms with van der Waals surface area (Å²) in [5, 5.41) is 6.46. The van der Waals surface area contributed by atoms with Crippen LogP contribution in [0.3, 0.4) is 0 Å². The van der Waals surface area contributed by atoms with Crippen LogP contribution in [0.25, 0.3) is 0 Å². The van der Waals surface area contributed by atoms with Crippen LogP contribution < -0.4 is 10.6 Å².